The smallest absolute Gasteiger partial charge is 0.109 e. The monoisotopic (exact) mass is 543 g/mol. The van der Waals surface area contributed by atoms with E-state index in [2.05, 4.69) is 149 Å². The molecular formula is C37H25N3S. The van der Waals surface area contributed by atoms with Crippen LogP contribution in [0.1, 0.15) is 11.7 Å². The van der Waals surface area contributed by atoms with Crippen molar-refractivity contribution >= 4 is 53.3 Å². The third-order valence-corrected chi connectivity index (χ3v) is 9.56. The number of fused-ring (bicyclic) bond motifs is 6. The normalized spacial score (nSPS) is 13.6. The minimum Gasteiger partial charge on any atom is -0.309 e. The van der Waals surface area contributed by atoms with Crippen LogP contribution in [-0.2, 0) is 0 Å². The van der Waals surface area contributed by atoms with Crippen LogP contribution in [0.2, 0.25) is 0 Å². The minimum atomic E-state index is 0.223. The summed E-state index contributed by atoms with van der Waals surface area (Å²) in [6.45, 7) is 0. The second-order valence-electron chi connectivity index (χ2n) is 10.8. The van der Waals surface area contributed by atoms with Crippen LogP contribution in [0.3, 0.4) is 0 Å². The first-order chi connectivity index (χ1) is 20.3. The summed E-state index contributed by atoms with van der Waals surface area (Å²) in [6, 6.07) is 48.8. The Morgan fingerprint density at radius 3 is 2.05 bits per heavy atom. The summed E-state index contributed by atoms with van der Waals surface area (Å²) in [5, 5.41) is 5.19. The molecule has 2 N–H and O–H groups in total. The second kappa shape index (κ2) is 8.88. The van der Waals surface area contributed by atoms with Crippen LogP contribution in [0.15, 0.2) is 133 Å². The first-order valence-electron chi connectivity index (χ1n) is 14.0. The summed E-state index contributed by atoms with van der Waals surface area (Å²) in [5.41, 5.74) is 16.3. The molecule has 0 saturated carbocycles. The van der Waals surface area contributed by atoms with Crippen LogP contribution in [0.25, 0.3) is 69.9 Å². The van der Waals surface area contributed by atoms with Crippen molar-refractivity contribution in [3.8, 4) is 27.9 Å². The van der Waals surface area contributed by atoms with Gasteiger partial charge < -0.3 is 4.57 Å². The van der Waals surface area contributed by atoms with Crippen molar-refractivity contribution < 1.29 is 0 Å². The highest BCUT2D eigenvalue weighted by molar-refractivity contribution is 7.26. The van der Waals surface area contributed by atoms with Gasteiger partial charge in [-0.15, -0.1) is 11.3 Å². The average Bonchev–Trinajstić information content (AvgIpc) is 3.75. The van der Waals surface area contributed by atoms with E-state index in [9.17, 15) is 0 Å². The van der Waals surface area contributed by atoms with Gasteiger partial charge in [0.05, 0.1) is 11.0 Å². The van der Waals surface area contributed by atoms with E-state index < -0.39 is 0 Å². The number of nitrogens with one attached hydrogen (secondary N) is 2. The molecule has 1 saturated heterocycles. The fourth-order valence-corrected chi connectivity index (χ4v) is 7.54. The summed E-state index contributed by atoms with van der Waals surface area (Å²) in [5.74, 6) is 0. The molecule has 3 nitrogen and oxygen atoms in total. The quantitative estimate of drug-likeness (QED) is 0.217. The van der Waals surface area contributed by atoms with Gasteiger partial charge >= 0.3 is 0 Å². The predicted octanol–water partition coefficient (Wildman–Crippen LogP) is 9.59. The van der Waals surface area contributed by atoms with E-state index in [4.69, 9.17) is 0 Å². The third-order valence-electron chi connectivity index (χ3n) is 8.34. The summed E-state index contributed by atoms with van der Waals surface area (Å²) < 4.78 is 5.09. The number of nitrogens with zero attached hydrogens (tertiary/aromatic N) is 1. The Bertz CT molecular complexity index is 2270. The molecule has 0 radical (unpaired) electrons. The molecule has 6 aromatic carbocycles. The molecule has 41 heavy (non-hydrogen) atoms. The van der Waals surface area contributed by atoms with Gasteiger partial charge in [-0.1, -0.05) is 91.0 Å². The topological polar surface area (TPSA) is 48.8 Å². The highest BCUT2D eigenvalue weighted by Gasteiger charge is 2.22. The maximum absolute atomic E-state index is 3.21. The van der Waals surface area contributed by atoms with Crippen LogP contribution in [0, 0.1) is 0 Å². The SMILES string of the molecule is c1ccc(-c2ccc3c(c2)c2cc(-c4cccc5c4sc4ccccc45)ccc2n3-c2cccc(C3NN3)c2)cc1. The maximum Gasteiger partial charge on any atom is 0.109 e. The molecule has 4 heteroatoms. The number of hydrogen-bond donors (Lipinski definition) is 2. The molecule has 3 heterocycles. The van der Waals surface area contributed by atoms with E-state index >= 15 is 0 Å². The zero-order valence-electron chi connectivity index (χ0n) is 22.1. The van der Waals surface area contributed by atoms with Crippen LogP contribution < -0.4 is 10.9 Å². The summed E-state index contributed by atoms with van der Waals surface area (Å²) in [4.78, 5) is 0. The first kappa shape index (κ1) is 23.0. The first-order valence-corrected chi connectivity index (χ1v) is 14.8. The van der Waals surface area contributed by atoms with Gasteiger partial charge in [-0.3, -0.25) is 0 Å². The Balaban J connectivity index is 1.32. The summed E-state index contributed by atoms with van der Waals surface area (Å²) in [7, 11) is 0. The molecule has 0 unspecified atom stereocenters. The molecular weight excluding hydrogens is 518 g/mol. The number of rotatable bonds is 4. The molecule has 2 aromatic heterocycles. The van der Waals surface area contributed by atoms with Crippen molar-refractivity contribution in [2.45, 2.75) is 6.17 Å². The Kier molecular flexibility index (Phi) is 4.99. The molecule has 8 aromatic rings. The average molecular weight is 544 g/mol. The van der Waals surface area contributed by atoms with E-state index in [0.717, 1.165) is 0 Å². The van der Waals surface area contributed by atoms with Gasteiger partial charge in [-0.25, -0.2) is 10.9 Å². The molecule has 9 rings (SSSR count). The molecule has 1 aliphatic heterocycles. The van der Waals surface area contributed by atoms with Gasteiger partial charge in [0.25, 0.3) is 0 Å². The van der Waals surface area contributed by atoms with Gasteiger partial charge in [-0.05, 0) is 70.3 Å². The summed E-state index contributed by atoms with van der Waals surface area (Å²) >= 11 is 1.89. The largest absolute Gasteiger partial charge is 0.309 e. The minimum absolute atomic E-state index is 0.223. The lowest BCUT2D eigenvalue weighted by Crippen LogP contribution is -1.96. The summed E-state index contributed by atoms with van der Waals surface area (Å²) in [6.07, 6.45) is 0.223. The van der Waals surface area contributed by atoms with Crippen molar-refractivity contribution in [2.75, 3.05) is 0 Å². The lowest BCUT2D eigenvalue weighted by molar-refractivity contribution is 1.05. The number of benzene rings is 6. The fourth-order valence-electron chi connectivity index (χ4n) is 6.31. The molecule has 1 fully saturated rings. The highest BCUT2D eigenvalue weighted by atomic mass is 32.1. The van der Waals surface area contributed by atoms with Gasteiger partial charge in [0.2, 0.25) is 0 Å². The number of thiophene rings is 1. The number of aromatic nitrogens is 1. The van der Waals surface area contributed by atoms with E-state index in [1.54, 1.807) is 0 Å². The maximum atomic E-state index is 3.21. The van der Waals surface area contributed by atoms with E-state index in [0.29, 0.717) is 0 Å². The van der Waals surface area contributed by atoms with Crippen molar-refractivity contribution in [1.82, 2.24) is 15.4 Å². The van der Waals surface area contributed by atoms with Crippen LogP contribution >= 0.6 is 11.3 Å². The van der Waals surface area contributed by atoms with E-state index in [1.807, 2.05) is 11.3 Å². The zero-order valence-corrected chi connectivity index (χ0v) is 23.0. The molecule has 0 bridgehead atoms. The lowest BCUT2D eigenvalue weighted by atomic mass is 9.99. The lowest BCUT2D eigenvalue weighted by Gasteiger charge is -2.10. The van der Waals surface area contributed by atoms with Crippen LogP contribution in [0.5, 0.6) is 0 Å². The zero-order chi connectivity index (χ0) is 26.9. The molecule has 0 spiro atoms. The van der Waals surface area contributed by atoms with Crippen molar-refractivity contribution in [2.24, 2.45) is 0 Å². The van der Waals surface area contributed by atoms with Gasteiger partial charge in [0.15, 0.2) is 0 Å². The van der Waals surface area contributed by atoms with E-state index in [1.165, 1.54) is 75.5 Å². The van der Waals surface area contributed by atoms with Gasteiger partial charge in [-0.2, -0.15) is 0 Å². The van der Waals surface area contributed by atoms with Gasteiger partial charge in [0, 0.05) is 36.6 Å². The van der Waals surface area contributed by atoms with Crippen molar-refractivity contribution in [3.05, 3.63) is 139 Å². The Morgan fingerprint density at radius 1 is 0.512 bits per heavy atom. The molecule has 194 valence electrons. The number of hydrogen-bond acceptors (Lipinski definition) is 3. The molecule has 0 aliphatic carbocycles. The van der Waals surface area contributed by atoms with Crippen LogP contribution in [0.4, 0.5) is 0 Å². The fraction of sp³-hybridized carbons (Fsp3) is 0.0270. The predicted molar refractivity (Wildman–Crippen MR) is 174 cm³/mol. The molecule has 0 amide bonds. The van der Waals surface area contributed by atoms with E-state index in [-0.39, 0.29) is 6.17 Å². The Morgan fingerprint density at radius 2 is 1.22 bits per heavy atom. The Hall–Kier alpha value is -4.74. The van der Waals surface area contributed by atoms with Gasteiger partial charge in [0.1, 0.15) is 6.17 Å². The molecule has 1 aliphatic rings. The Labute approximate surface area is 241 Å². The van der Waals surface area contributed by atoms with Crippen molar-refractivity contribution in [1.29, 1.82) is 0 Å². The molecule has 0 atom stereocenters. The standard InChI is InChI=1S/C37H25N3S/c1-2-8-23(9-3-1)24-16-18-33-31(21-24)32-22-25(28-13-7-14-30-29-12-4-5-15-35(29)41-36(28)30)17-19-34(32)40(33)27-11-6-10-26(20-27)37-38-39-37/h1-22,37-39H. The second-order valence-corrected chi connectivity index (χ2v) is 11.8. The number of hydrazine groups is 1. The van der Waals surface area contributed by atoms with Crippen LogP contribution in [-0.4, -0.2) is 4.57 Å². The highest BCUT2D eigenvalue weighted by Crippen LogP contribution is 2.42. The van der Waals surface area contributed by atoms with Crippen molar-refractivity contribution in [3.63, 3.8) is 0 Å². The third kappa shape index (κ3) is 3.66.